The maximum atomic E-state index is 14.7. The molecule has 3 N–H and O–H groups in total. The predicted octanol–water partition coefficient (Wildman–Crippen LogP) is 4.06. The van der Waals surface area contributed by atoms with E-state index in [1.165, 1.54) is 10.4 Å². The van der Waals surface area contributed by atoms with Gasteiger partial charge in [0.25, 0.3) is 5.91 Å². The fourth-order valence-electron chi connectivity index (χ4n) is 4.07. The van der Waals surface area contributed by atoms with E-state index in [0.717, 1.165) is 0 Å². The molecule has 3 amide bonds. The lowest BCUT2D eigenvalue weighted by Crippen LogP contribution is -2.49. The predicted molar refractivity (Wildman–Crippen MR) is 124 cm³/mol. The van der Waals surface area contributed by atoms with Crippen LogP contribution in [0.15, 0.2) is 54.6 Å². The molecule has 0 radical (unpaired) electrons. The van der Waals surface area contributed by atoms with Crippen molar-refractivity contribution in [2.24, 2.45) is 5.92 Å². The summed E-state index contributed by atoms with van der Waals surface area (Å²) in [6.45, 7) is 2.19. The van der Waals surface area contributed by atoms with Crippen molar-refractivity contribution in [3.63, 3.8) is 0 Å². The molecule has 2 aromatic carbocycles. The second-order valence-corrected chi connectivity index (χ2v) is 8.25. The quantitative estimate of drug-likeness (QED) is 0.358. The number of nitrogens with one attached hydrogen (secondary N) is 2. The number of hydrogen-bond acceptors (Lipinski definition) is 5. The van der Waals surface area contributed by atoms with Crippen molar-refractivity contribution in [3.05, 3.63) is 54.6 Å². The maximum absolute atomic E-state index is 14.7. The molecule has 1 unspecified atom stereocenters. The lowest BCUT2D eigenvalue weighted by atomic mass is 9.94. The average molecular weight is 472 g/mol. The van der Waals surface area contributed by atoms with Gasteiger partial charge in [-0.3, -0.25) is 19.6 Å². The lowest BCUT2D eigenvalue weighted by Gasteiger charge is -2.29. The zero-order valence-corrected chi connectivity index (χ0v) is 19.1. The van der Waals surface area contributed by atoms with Crippen LogP contribution in [0, 0.1) is 5.92 Å². The lowest BCUT2D eigenvalue weighted by molar-refractivity contribution is -0.148. The van der Waals surface area contributed by atoms with Crippen LogP contribution < -0.4 is 15.5 Å². The fraction of sp³-hybridized carbons (Fsp3) is 0.400. The number of ether oxygens (including phenoxy) is 1. The maximum Gasteiger partial charge on any atom is 0.278 e. The Kier molecular flexibility index (Phi) is 8.98. The number of unbranched alkanes of at least 4 members (excludes halogenated alkanes) is 1. The fourth-order valence-corrected chi connectivity index (χ4v) is 4.07. The van der Waals surface area contributed by atoms with Crippen molar-refractivity contribution < 1.29 is 28.7 Å². The number of benzene rings is 2. The molecular weight excluding hydrogens is 441 g/mol. The van der Waals surface area contributed by atoms with Gasteiger partial charge in [-0.2, -0.15) is 0 Å². The number of halogens is 1. The van der Waals surface area contributed by atoms with E-state index in [2.05, 4.69) is 5.32 Å². The molecule has 182 valence electrons. The molecule has 1 fully saturated rings. The molecule has 9 heteroatoms. The summed E-state index contributed by atoms with van der Waals surface area (Å²) in [6, 6.07) is 15.3. The monoisotopic (exact) mass is 471 g/mol. The van der Waals surface area contributed by atoms with Crippen molar-refractivity contribution in [1.82, 2.24) is 10.4 Å². The molecule has 8 nitrogen and oxygen atoms in total. The third kappa shape index (κ3) is 6.32. The van der Waals surface area contributed by atoms with E-state index in [-0.39, 0.29) is 12.3 Å². The zero-order valence-electron chi connectivity index (χ0n) is 19.1. The van der Waals surface area contributed by atoms with Gasteiger partial charge in [0.1, 0.15) is 17.5 Å². The molecular formula is C25H30FN3O5. The van der Waals surface area contributed by atoms with Crippen LogP contribution in [0.2, 0.25) is 0 Å². The van der Waals surface area contributed by atoms with Gasteiger partial charge in [0.15, 0.2) is 6.17 Å². The van der Waals surface area contributed by atoms with Crippen molar-refractivity contribution in [3.8, 4) is 11.5 Å². The van der Waals surface area contributed by atoms with E-state index in [0.29, 0.717) is 49.4 Å². The molecule has 1 heterocycles. The third-order valence-corrected chi connectivity index (χ3v) is 5.82. The molecule has 0 saturated carbocycles. The molecule has 0 aromatic heterocycles. The number of amides is 3. The number of hydrogen-bond donors (Lipinski definition) is 3. The Morgan fingerprint density at radius 1 is 1.15 bits per heavy atom. The Balaban J connectivity index is 1.70. The van der Waals surface area contributed by atoms with Gasteiger partial charge in [-0.05, 0) is 43.5 Å². The second-order valence-electron chi connectivity index (χ2n) is 8.25. The number of nitrogens with zero attached hydrogens (tertiary/aromatic N) is 1. The summed E-state index contributed by atoms with van der Waals surface area (Å²) in [7, 11) is 0. The van der Waals surface area contributed by atoms with E-state index < -0.39 is 29.9 Å². The van der Waals surface area contributed by atoms with Crippen LogP contribution in [-0.4, -0.2) is 46.6 Å². The van der Waals surface area contributed by atoms with Gasteiger partial charge in [-0.15, -0.1) is 0 Å². The van der Waals surface area contributed by atoms with Crippen molar-refractivity contribution in [2.45, 2.75) is 51.2 Å². The van der Waals surface area contributed by atoms with Gasteiger partial charge in [0, 0.05) is 18.3 Å². The summed E-state index contributed by atoms with van der Waals surface area (Å²) in [5, 5.41) is 11.6. The van der Waals surface area contributed by atoms with Crippen LogP contribution in [0.1, 0.15) is 39.0 Å². The van der Waals surface area contributed by atoms with Crippen molar-refractivity contribution in [1.29, 1.82) is 0 Å². The summed E-state index contributed by atoms with van der Waals surface area (Å²) >= 11 is 0. The minimum Gasteiger partial charge on any atom is -0.457 e. The first-order valence-electron chi connectivity index (χ1n) is 11.5. The third-order valence-electron chi connectivity index (χ3n) is 5.82. The molecule has 3 atom stereocenters. The minimum atomic E-state index is -2.19. The number of anilines is 1. The number of carbonyl (C=O) groups is 3. The summed E-state index contributed by atoms with van der Waals surface area (Å²) in [5.74, 6) is -2.31. The number of hydroxylamine groups is 1. The van der Waals surface area contributed by atoms with Crippen molar-refractivity contribution >= 4 is 23.4 Å². The van der Waals surface area contributed by atoms with E-state index in [1.807, 2.05) is 37.3 Å². The first kappa shape index (κ1) is 25.2. The van der Waals surface area contributed by atoms with Crippen LogP contribution in [0.4, 0.5) is 10.1 Å². The van der Waals surface area contributed by atoms with Gasteiger partial charge in [0.05, 0.1) is 5.92 Å². The van der Waals surface area contributed by atoms with E-state index in [1.54, 1.807) is 24.3 Å². The zero-order chi connectivity index (χ0) is 24.5. The number of para-hydroxylation sites is 1. The van der Waals surface area contributed by atoms with E-state index in [9.17, 15) is 18.8 Å². The Labute approximate surface area is 198 Å². The molecule has 0 bridgehead atoms. The summed E-state index contributed by atoms with van der Waals surface area (Å²) in [6.07, 6.45) is 0.219. The molecule has 0 aliphatic carbocycles. The first-order chi connectivity index (χ1) is 16.4. The van der Waals surface area contributed by atoms with Gasteiger partial charge in [0.2, 0.25) is 11.8 Å². The van der Waals surface area contributed by atoms with Crippen LogP contribution >= 0.6 is 0 Å². The minimum absolute atomic E-state index is 0.146. The topological polar surface area (TPSA) is 108 Å². The Bertz CT molecular complexity index is 988. The molecule has 3 rings (SSSR count). The highest BCUT2D eigenvalue weighted by atomic mass is 19.1. The van der Waals surface area contributed by atoms with Crippen molar-refractivity contribution in [2.75, 3.05) is 11.9 Å². The molecule has 1 saturated heterocycles. The molecule has 0 spiro atoms. The normalized spacial score (nSPS) is 17.0. The SMILES string of the molecule is CCCC[C@@H](C(=O)N1CCCC1C(=O)Nc1cccc(Oc2ccccc2)c1)[C@H](F)C(=O)NO. The van der Waals surface area contributed by atoms with Crippen LogP contribution in [0.25, 0.3) is 0 Å². The number of carbonyl (C=O) groups excluding carboxylic acids is 3. The summed E-state index contributed by atoms with van der Waals surface area (Å²) < 4.78 is 20.5. The summed E-state index contributed by atoms with van der Waals surface area (Å²) in [4.78, 5) is 39.2. The Morgan fingerprint density at radius 2 is 1.88 bits per heavy atom. The molecule has 2 aromatic rings. The largest absolute Gasteiger partial charge is 0.457 e. The van der Waals surface area contributed by atoms with Crippen LogP contribution in [0.5, 0.6) is 11.5 Å². The average Bonchev–Trinajstić information content (AvgIpc) is 3.34. The smallest absolute Gasteiger partial charge is 0.278 e. The first-order valence-corrected chi connectivity index (χ1v) is 11.5. The molecule has 1 aliphatic rings. The standard InChI is InChI=1S/C25H30FN3O5/c1-2-3-13-20(22(26)24(31)28-33)25(32)29-15-8-14-21(29)23(30)27-17-9-7-12-19(16-17)34-18-10-5-4-6-11-18/h4-7,9-12,16,20-22,33H,2-3,8,13-15H2,1H3,(H,27,30)(H,28,31)/t20-,21?,22+/m1/s1. The summed E-state index contributed by atoms with van der Waals surface area (Å²) in [5.41, 5.74) is 1.78. The highest BCUT2D eigenvalue weighted by molar-refractivity contribution is 5.98. The van der Waals surface area contributed by atoms with Gasteiger partial charge in [-0.1, -0.05) is 44.0 Å². The second kappa shape index (κ2) is 12.1. The molecule has 1 aliphatic heterocycles. The van der Waals surface area contributed by atoms with Gasteiger partial charge >= 0.3 is 0 Å². The highest BCUT2D eigenvalue weighted by Gasteiger charge is 2.41. The van der Waals surface area contributed by atoms with E-state index in [4.69, 9.17) is 9.94 Å². The number of rotatable bonds is 10. The number of alkyl halides is 1. The van der Waals surface area contributed by atoms with E-state index >= 15 is 0 Å². The van der Waals surface area contributed by atoms with Crippen LogP contribution in [0.3, 0.4) is 0 Å². The van der Waals surface area contributed by atoms with Gasteiger partial charge in [-0.25, -0.2) is 9.87 Å². The highest BCUT2D eigenvalue weighted by Crippen LogP contribution is 2.28. The molecule has 34 heavy (non-hydrogen) atoms. The van der Waals surface area contributed by atoms with Crippen LogP contribution in [-0.2, 0) is 14.4 Å². The number of likely N-dealkylation sites (tertiary alicyclic amines) is 1. The Hall–Kier alpha value is -3.46. The Morgan fingerprint density at radius 3 is 2.59 bits per heavy atom. The van der Waals surface area contributed by atoms with Gasteiger partial charge < -0.3 is 15.0 Å².